The van der Waals surface area contributed by atoms with Crippen LogP contribution in [0.25, 0.3) is 22.6 Å². The minimum atomic E-state index is -0.431. The number of hydrogen-bond acceptors (Lipinski definition) is 6. The van der Waals surface area contributed by atoms with E-state index in [1.54, 1.807) is 22.5 Å². The summed E-state index contributed by atoms with van der Waals surface area (Å²) in [5.41, 5.74) is 13.6. The fourth-order valence-corrected chi connectivity index (χ4v) is 4.82. The molecule has 3 heterocycles. The predicted molar refractivity (Wildman–Crippen MR) is 120 cm³/mol. The zero-order valence-electron chi connectivity index (χ0n) is 17.4. The zero-order chi connectivity index (χ0) is 21.7. The van der Waals surface area contributed by atoms with Crippen molar-refractivity contribution in [3.63, 3.8) is 0 Å². The van der Waals surface area contributed by atoms with Gasteiger partial charge < -0.3 is 11.1 Å². The highest BCUT2D eigenvalue weighted by Crippen LogP contribution is 2.42. The third-order valence-corrected chi connectivity index (χ3v) is 6.38. The number of hydrogen-bond donors (Lipinski definition) is 2. The van der Waals surface area contributed by atoms with Crippen molar-refractivity contribution < 1.29 is 4.39 Å². The number of rotatable bonds is 4. The van der Waals surface area contributed by atoms with Crippen LogP contribution in [-0.4, -0.2) is 30.6 Å². The van der Waals surface area contributed by atoms with Gasteiger partial charge in [0.25, 0.3) is 0 Å². The maximum atomic E-state index is 13.8. The molecular weight excluding hydrogens is 405 g/mol. The molecule has 4 aromatic rings. The second-order valence-corrected chi connectivity index (χ2v) is 8.37. The van der Waals surface area contributed by atoms with Crippen LogP contribution in [0, 0.1) is 5.82 Å². The summed E-state index contributed by atoms with van der Waals surface area (Å²) >= 11 is 0. The number of halogens is 1. The summed E-state index contributed by atoms with van der Waals surface area (Å²) in [6.45, 7) is 0.303. The SMILES string of the molecule is NCc1cnn2c(N[C@@H]3CCC4=C(C3)c3ccccc3C4)nc(-c3cncc(F)c3)nc12. The summed E-state index contributed by atoms with van der Waals surface area (Å²) in [4.78, 5) is 13.3. The number of nitrogens with one attached hydrogen (secondary N) is 1. The van der Waals surface area contributed by atoms with Gasteiger partial charge in [-0.25, -0.2) is 9.37 Å². The van der Waals surface area contributed by atoms with E-state index in [0.717, 1.165) is 37.4 Å². The normalized spacial score (nSPS) is 17.5. The number of anilines is 1. The molecule has 2 aliphatic rings. The van der Waals surface area contributed by atoms with E-state index in [1.165, 1.54) is 22.8 Å². The third kappa shape index (κ3) is 3.15. The van der Waals surface area contributed by atoms with Crippen molar-refractivity contribution in [2.45, 2.75) is 38.3 Å². The fraction of sp³-hybridized carbons (Fsp3) is 0.250. The second-order valence-electron chi connectivity index (χ2n) is 8.37. The van der Waals surface area contributed by atoms with Crippen LogP contribution in [0.4, 0.5) is 10.3 Å². The molecule has 7 nitrogen and oxygen atoms in total. The molecule has 3 N–H and O–H groups in total. The molecule has 0 unspecified atom stereocenters. The monoisotopic (exact) mass is 427 g/mol. The van der Waals surface area contributed by atoms with Gasteiger partial charge in [0.2, 0.25) is 5.95 Å². The molecule has 8 heteroatoms. The Morgan fingerprint density at radius 2 is 2.06 bits per heavy atom. The minimum Gasteiger partial charge on any atom is -0.351 e. The average molecular weight is 427 g/mol. The lowest BCUT2D eigenvalue weighted by molar-refractivity contribution is 0.621. The van der Waals surface area contributed by atoms with E-state index in [1.807, 2.05) is 0 Å². The van der Waals surface area contributed by atoms with Gasteiger partial charge in [-0.15, -0.1) is 0 Å². The summed E-state index contributed by atoms with van der Waals surface area (Å²) in [5.74, 6) is 0.540. The lowest BCUT2D eigenvalue weighted by Gasteiger charge is -2.26. The fourth-order valence-electron chi connectivity index (χ4n) is 4.82. The zero-order valence-corrected chi connectivity index (χ0v) is 17.4. The van der Waals surface area contributed by atoms with Gasteiger partial charge in [-0.1, -0.05) is 29.8 Å². The molecule has 0 saturated carbocycles. The number of aromatic nitrogens is 5. The lowest BCUT2D eigenvalue weighted by Crippen LogP contribution is -2.25. The molecule has 160 valence electrons. The smallest absolute Gasteiger partial charge is 0.228 e. The van der Waals surface area contributed by atoms with Crippen molar-refractivity contribution in [1.29, 1.82) is 0 Å². The molecular formula is C24H22FN7. The van der Waals surface area contributed by atoms with E-state index in [0.29, 0.717) is 29.5 Å². The number of allylic oxidation sites excluding steroid dienone is 1. The molecule has 0 spiro atoms. The van der Waals surface area contributed by atoms with E-state index in [-0.39, 0.29) is 6.04 Å². The van der Waals surface area contributed by atoms with Gasteiger partial charge in [-0.3, -0.25) is 4.98 Å². The highest BCUT2D eigenvalue weighted by atomic mass is 19.1. The summed E-state index contributed by atoms with van der Waals surface area (Å²) in [6.07, 6.45) is 8.50. The van der Waals surface area contributed by atoms with Gasteiger partial charge in [0.05, 0.1) is 12.4 Å². The van der Waals surface area contributed by atoms with E-state index in [2.05, 4.69) is 44.6 Å². The topological polar surface area (TPSA) is 94.0 Å². The highest BCUT2D eigenvalue weighted by Gasteiger charge is 2.28. The molecule has 0 amide bonds. The van der Waals surface area contributed by atoms with Crippen molar-refractivity contribution in [3.8, 4) is 11.4 Å². The molecule has 0 aliphatic heterocycles. The Hall–Kier alpha value is -3.65. The standard InChI is InChI=1S/C24H22FN7/c25-18-8-16(11-27-13-18)22-30-23-17(10-26)12-28-32(23)24(31-22)29-19-6-5-15-7-14-3-1-2-4-20(14)21(15)9-19/h1-4,8,11-13,19H,5-7,9-10,26H2,(H,29,30,31)/t19-/m1/s1. The van der Waals surface area contributed by atoms with Crippen molar-refractivity contribution in [2.75, 3.05) is 5.32 Å². The minimum absolute atomic E-state index is 0.210. The molecule has 6 rings (SSSR count). The van der Waals surface area contributed by atoms with Crippen molar-refractivity contribution >= 4 is 17.2 Å². The van der Waals surface area contributed by atoms with Gasteiger partial charge >= 0.3 is 0 Å². The van der Waals surface area contributed by atoms with E-state index < -0.39 is 5.82 Å². The molecule has 0 saturated heterocycles. The average Bonchev–Trinajstić information content (AvgIpc) is 3.40. The number of nitrogens with two attached hydrogens (primary N) is 1. The number of benzene rings is 1. The van der Waals surface area contributed by atoms with Crippen molar-refractivity contribution in [1.82, 2.24) is 24.6 Å². The summed E-state index contributed by atoms with van der Waals surface area (Å²) in [5, 5.41) is 8.05. The van der Waals surface area contributed by atoms with E-state index in [9.17, 15) is 4.39 Å². The Balaban J connectivity index is 1.37. The van der Waals surface area contributed by atoms with Crippen LogP contribution in [0.3, 0.4) is 0 Å². The Morgan fingerprint density at radius 1 is 1.16 bits per heavy atom. The summed E-state index contributed by atoms with van der Waals surface area (Å²) in [6, 6.07) is 10.3. The van der Waals surface area contributed by atoms with Crippen LogP contribution >= 0.6 is 0 Å². The van der Waals surface area contributed by atoms with Gasteiger partial charge in [0, 0.05) is 29.9 Å². The van der Waals surface area contributed by atoms with E-state index >= 15 is 0 Å². The quantitative estimate of drug-likeness (QED) is 0.515. The van der Waals surface area contributed by atoms with Crippen molar-refractivity contribution in [3.05, 3.63) is 77.0 Å². The molecule has 0 radical (unpaired) electrons. The van der Waals surface area contributed by atoms with Crippen LogP contribution in [0.1, 0.15) is 36.0 Å². The van der Waals surface area contributed by atoms with Crippen LogP contribution < -0.4 is 11.1 Å². The van der Waals surface area contributed by atoms with Gasteiger partial charge in [-0.05, 0) is 48.4 Å². The first kappa shape index (κ1) is 19.1. The Kier molecular flexibility index (Phi) is 4.46. The Morgan fingerprint density at radius 3 is 2.94 bits per heavy atom. The Bertz CT molecular complexity index is 1370. The number of fused-ring (bicyclic) bond motifs is 3. The first-order chi connectivity index (χ1) is 15.7. The molecule has 3 aromatic heterocycles. The van der Waals surface area contributed by atoms with Gasteiger partial charge in [0.15, 0.2) is 11.5 Å². The van der Waals surface area contributed by atoms with Gasteiger partial charge in [0.1, 0.15) is 5.82 Å². The van der Waals surface area contributed by atoms with Crippen LogP contribution in [0.2, 0.25) is 0 Å². The van der Waals surface area contributed by atoms with Gasteiger partial charge in [-0.2, -0.15) is 14.6 Å². The lowest BCUT2D eigenvalue weighted by atomic mass is 9.88. The van der Waals surface area contributed by atoms with Crippen LogP contribution in [0.5, 0.6) is 0 Å². The second kappa shape index (κ2) is 7.49. The number of pyridine rings is 1. The highest BCUT2D eigenvalue weighted by molar-refractivity contribution is 5.77. The number of nitrogens with zero attached hydrogens (tertiary/aromatic N) is 5. The molecule has 0 fully saturated rings. The first-order valence-electron chi connectivity index (χ1n) is 10.8. The van der Waals surface area contributed by atoms with Crippen LogP contribution in [0.15, 0.2) is 54.5 Å². The molecule has 1 atom stereocenters. The Labute approximate surface area is 184 Å². The predicted octanol–water partition coefficient (Wildman–Crippen LogP) is 3.76. The molecule has 32 heavy (non-hydrogen) atoms. The van der Waals surface area contributed by atoms with E-state index in [4.69, 9.17) is 10.7 Å². The van der Waals surface area contributed by atoms with Crippen LogP contribution in [-0.2, 0) is 13.0 Å². The molecule has 2 aliphatic carbocycles. The maximum absolute atomic E-state index is 13.8. The first-order valence-corrected chi connectivity index (χ1v) is 10.8. The van der Waals surface area contributed by atoms with Crippen molar-refractivity contribution in [2.24, 2.45) is 5.73 Å². The summed E-state index contributed by atoms with van der Waals surface area (Å²) < 4.78 is 15.5. The third-order valence-electron chi connectivity index (χ3n) is 6.38. The maximum Gasteiger partial charge on any atom is 0.228 e. The largest absolute Gasteiger partial charge is 0.351 e. The molecule has 1 aromatic carbocycles. The molecule has 0 bridgehead atoms. The summed E-state index contributed by atoms with van der Waals surface area (Å²) in [7, 11) is 0.